The summed E-state index contributed by atoms with van der Waals surface area (Å²) in [7, 11) is 3.41. The van der Waals surface area contributed by atoms with Crippen molar-refractivity contribution in [1.29, 1.82) is 0 Å². The van der Waals surface area contributed by atoms with E-state index in [0.29, 0.717) is 6.42 Å². The third-order valence-electron chi connectivity index (χ3n) is 3.62. The average molecular weight is 337 g/mol. The predicted octanol–water partition coefficient (Wildman–Crippen LogP) is 2.66. The summed E-state index contributed by atoms with van der Waals surface area (Å²) in [4.78, 5) is 11.3. The van der Waals surface area contributed by atoms with Gasteiger partial charge in [-0.15, -0.1) is 0 Å². The predicted molar refractivity (Wildman–Crippen MR) is 77.3 cm³/mol. The van der Waals surface area contributed by atoms with Gasteiger partial charge in [0.2, 0.25) is 0 Å². The van der Waals surface area contributed by atoms with E-state index in [1.807, 2.05) is 12.1 Å². The van der Waals surface area contributed by atoms with Gasteiger partial charge in [-0.25, -0.2) is 4.79 Å². The monoisotopic (exact) mass is 336 g/mol. The van der Waals surface area contributed by atoms with E-state index in [2.05, 4.69) is 21.0 Å². The largest absolute Gasteiger partial charge is 0.496 e. The Balaban J connectivity index is 2.26. The fourth-order valence-corrected chi connectivity index (χ4v) is 3.26. The van der Waals surface area contributed by atoms with Gasteiger partial charge in [-0.1, -0.05) is 0 Å². The number of aryl methyl sites for hydroxylation is 2. The lowest BCUT2D eigenvalue weighted by Crippen LogP contribution is -2.08. The van der Waals surface area contributed by atoms with E-state index in [-0.39, 0.29) is 5.69 Å². The Morgan fingerprint density at radius 3 is 2.85 bits per heavy atom. The van der Waals surface area contributed by atoms with Crippen LogP contribution in [-0.4, -0.2) is 28.0 Å². The number of halogens is 1. The standard InChI is InChI=1S/C14H13BrN2O3/c1-17-13-8(12(16-17)14(18)19)4-3-7-5-11(20-2)10(15)6-9(7)13/h5-6H,3-4H2,1-2H3,(H,18,19). The van der Waals surface area contributed by atoms with Gasteiger partial charge in [0.1, 0.15) is 5.75 Å². The molecule has 1 N–H and O–H groups in total. The minimum absolute atomic E-state index is 0.153. The number of ether oxygens (including phenoxy) is 1. The van der Waals surface area contributed by atoms with Crippen molar-refractivity contribution in [2.75, 3.05) is 7.11 Å². The van der Waals surface area contributed by atoms with Crippen LogP contribution in [-0.2, 0) is 19.9 Å². The summed E-state index contributed by atoms with van der Waals surface area (Å²) in [6.45, 7) is 0. The first-order valence-electron chi connectivity index (χ1n) is 6.19. The maximum absolute atomic E-state index is 11.3. The van der Waals surface area contributed by atoms with Gasteiger partial charge in [0.05, 0.1) is 17.3 Å². The lowest BCUT2D eigenvalue weighted by molar-refractivity contribution is 0.0688. The second kappa shape index (κ2) is 4.63. The van der Waals surface area contributed by atoms with Crippen LogP contribution in [0.5, 0.6) is 5.75 Å². The van der Waals surface area contributed by atoms with Gasteiger partial charge in [0, 0.05) is 18.2 Å². The zero-order valence-corrected chi connectivity index (χ0v) is 12.7. The molecule has 5 nitrogen and oxygen atoms in total. The topological polar surface area (TPSA) is 64.3 Å². The Morgan fingerprint density at radius 2 is 2.20 bits per heavy atom. The number of carbonyl (C=O) groups is 1. The molecule has 3 rings (SSSR count). The highest BCUT2D eigenvalue weighted by atomic mass is 79.9. The molecule has 1 aromatic heterocycles. The summed E-state index contributed by atoms with van der Waals surface area (Å²) in [6.07, 6.45) is 1.47. The molecule has 0 aliphatic heterocycles. The summed E-state index contributed by atoms with van der Waals surface area (Å²) in [5.41, 5.74) is 4.01. The third kappa shape index (κ3) is 1.83. The normalized spacial score (nSPS) is 12.8. The number of aromatic carboxylic acids is 1. The Labute approximate surface area is 124 Å². The first-order valence-corrected chi connectivity index (χ1v) is 6.98. The molecule has 0 saturated heterocycles. The van der Waals surface area contributed by atoms with Crippen LogP contribution >= 0.6 is 15.9 Å². The molecule has 2 aromatic rings. The van der Waals surface area contributed by atoms with Crippen LogP contribution in [0.4, 0.5) is 0 Å². The number of carboxylic acid groups (broad SMARTS) is 1. The number of aromatic nitrogens is 2. The molecule has 1 aromatic carbocycles. The number of benzene rings is 1. The van der Waals surface area contributed by atoms with Crippen molar-refractivity contribution in [3.05, 3.63) is 33.4 Å². The van der Waals surface area contributed by atoms with Gasteiger partial charge in [-0.2, -0.15) is 5.10 Å². The van der Waals surface area contributed by atoms with Crippen LogP contribution in [0.15, 0.2) is 16.6 Å². The van der Waals surface area contributed by atoms with Gasteiger partial charge in [0.15, 0.2) is 5.69 Å². The second-order valence-electron chi connectivity index (χ2n) is 4.75. The summed E-state index contributed by atoms with van der Waals surface area (Å²) in [5.74, 6) is -0.189. The average Bonchev–Trinajstić information content (AvgIpc) is 2.76. The highest BCUT2D eigenvalue weighted by Crippen LogP contribution is 2.40. The SMILES string of the molecule is COc1cc2c(cc1Br)-c1c(c(C(=O)O)nn1C)CC2. The Bertz CT molecular complexity index is 722. The molecule has 1 aliphatic carbocycles. The van der Waals surface area contributed by atoms with Crippen LogP contribution in [0.25, 0.3) is 11.3 Å². The van der Waals surface area contributed by atoms with Crippen molar-refractivity contribution in [2.24, 2.45) is 7.05 Å². The Kier molecular flexibility index (Phi) is 3.05. The number of hydrogen-bond acceptors (Lipinski definition) is 3. The van der Waals surface area contributed by atoms with Gasteiger partial charge in [-0.3, -0.25) is 4.68 Å². The van der Waals surface area contributed by atoms with Gasteiger partial charge < -0.3 is 9.84 Å². The highest BCUT2D eigenvalue weighted by molar-refractivity contribution is 9.10. The summed E-state index contributed by atoms with van der Waals surface area (Å²) in [6, 6.07) is 3.97. The van der Waals surface area contributed by atoms with Crippen LogP contribution < -0.4 is 4.74 Å². The van der Waals surface area contributed by atoms with E-state index in [4.69, 9.17) is 4.74 Å². The van der Waals surface area contributed by atoms with E-state index >= 15 is 0 Å². The van der Waals surface area contributed by atoms with E-state index in [0.717, 1.165) is 39.0 Å². The molecule has 0 fully saturated rings. The molecule has 20 heavy (non-hydrogen) atoms. The number of fused-ring (bicyclic) bond motifs is 3. The Morgan fingerprint density at radius 1 is 1.45 bits per heavy atom. The molecule has 0 spiro atoms. The van der Waals surface area contributed by atoms with Crippen molar-refractivity contribution in [3.8, 4) is 17.0 Å². The molecule has 0 amide bonds. The second-order valence-corrected chi connectivity index (χ2v) is 5.60. The van der Waals surface area contributed by atoms with Crippen LogP contribution in [0, 0.1) is 0 Å². The van der Waals surface area contributed by atoms with E-state index < -0.39 is 5.97 Å². The molecule has 6 heteroatoms. The van der Waals surface area contributed by atoms with Crippen molar-refractivity contribution in [1.82, 2.24) is 9.78 Å². The molecule has 1 heterocycles. The number of rotatable bonds is 2. The summed E-state index contributed by atoms with van der Waals surface area (Å²) in [5, 5.41) is 13.4. The fraction of sp³-hybridized carbons (Fsp3) is 0.286. The van der Waals surface area contributed by atoms with Crippen molar-refractivity contribution >= 4 is 21.9 Å². The maximum atomic E-state index is 11.3. The van der Waals surface area contributed by atoms with Gasteiger partial charge in [0.25, 0.3) is 0 Å². The molecule has 104 valence electrons. The highest BCUT2D eigenvalue weighted by Gasteiger charge is 2.27. The Hall–Kier alpha value is -1.82. The lowest BCUT2D eigenvalue weighted by atomic mass is 9.88. The van der Waals surface area contributed by atoms with Gasteiger partial charge >= 0.3 is 5.97 Å². The van der Waals surface area contributed by atoms with E-state index in [1.165, 1.54) is 0 Å². The third-order valence-corrected chi connectivity index (χ3v) is 4.24. The zero-order chi connectivity index (χ0) is 14.4. The number of nitrogens with zero attached hydrogens (tertiary/aromatic N) is 2. The molecule has 1 aliphatic rings. The van der Waals surface area contributed by atoms with Crippen LogP contribution in [0.3, 0.4) is 0 Å². The van der Waals surface area contributed by atoms with Crippen molar-refractivity contribution in [2.45, 2.75) is 12.8 Å². The molecule has 0 bridgehead atoms. The molecule has 0 unspecified atom stereocenters. The molecular weight excluding hydrogens is 324 g/mol. The number of carboxylic acids is 1. The zero-order valence-electron chi connectivity index (χ0n) is 11.1. The van der Waals surface area contributed by atoms with Crippen LogP contribution in [0.1, 0.15) is 21.6 Å². The first-order chi connectivity index (χ1) is 9.52. The summed E-state index contributed by atoms with van der Waals surface area (Å²) >= 11 is 3.48. The maximum Gasteiger partial charge on any atom is 0.356 e. The quantitative estimate of drug-likeness (QED) is 0.915. The smallest absolute Gasteiger partial charge is 0.356 e. The van der Waals surface area contributed by atoms with Crippen molar-refractivity contribution < 1.29 is 14.6 Å². The summed E-state index contributed by atoms with van der Waals surface area (Å²) < 4.78 is 7.81. The lowest BCUT2D eigenvalue weighted by Gasteiger charge is -2.19. The van der Waals surface area contributed by atoms with E-state index in [9.17, 15) is 9.90 Å². The number of hydrogen-bond donors (Lipinski definition) is 1. The minimum Gasteiger partial charge on any atom is -0.496 e. The first kappa shape index (κ1) is 13.2. The molecule has 0 radical (unpaired) electrons. The molecule has 0 saturated carbocycles. The minimum atomic E-state index is -0.974. The molecule has 0 atom stereocenters. The van der Waals surface area contributed by atoms with Gasteiger partial charge in [-0.05, 0) is 46.5 Å². The number of methoxy groups -OCH3 is 1. The molecular formula is C14H13BrN2O3. The van der Waals surface area contributed by atoms with E-state index in [1.54, 1.807) is 18.8 Å². The van der Waals surface area contributed by atoms with Crippen molar-refractivity contribution in [3.63, 3.8) is 0 Å². The fourth-order valence-electron chi connectivity index (χ4n) is 2.75. The van der Waals surface area contributed by atoms with Crippen LogP contribution in [0.2, 0.25) is 0 Å².